The van der Waals surface area contributed by atoms with Crippen molar-refractivity contribution in [3.63, 3.8) is 0 Å². The Kier molecular flexibility index (Phi) is 6.12. The Hall–Kier alpha value is -1.98. The van der Waals surface area contributed by atoms with Gasteiger partial charge in [0.1, 0.15) is 10.8 Å². The summed E-state index contributed by atoms with van der Waals surface area (Å²) in [6, 6.07) is 8.92. The molecule has 0 spiro atoms. The number of carbonyl (C=O) groups is 1. The Morgan fingerprint density at radius 2 is 2.10 bits per heavy atom. The van der Waals surface area contributed by atoms with Crippen LogP contribution < -0.4 is 10.6 Å². The van der Waals surface area contributed by atoms with Gasteiger partial charge in [-0.05, 0) is 36.7 Å². The van der Waals surface area contributed by atoms with Crippen molar-refractivity contribution in [1.29, 1.82) is 0 Å². The molecular weight excluding hydrogens is 288 g/mol. The fourth-order valence-electron chi connectivity index (χ4n) is 1.78. The van der Waals surface area contributed by atoms with Gasteiger partial charge in [0, 0.05) is 25.5 Å². The highest BCUT2D eigenvalue weighted by Gasteiger charge is 2.06. The first-order chi connectivity index (χ1) is 10.3. The maximum Gasteiger partial charge on any atom is 0.269 e. The number of amides is 1. The third-order valence-electron chi connectivity index (χ3n) is 2.82. The molecule has 0 radical (unpaired) electrons. The highest BCUT2D eigenvalue weighted by atomic mass is 35.5. The Bertz CT molecular complexity index is 577. The van der Waals surface area contributed by atoms with Crippen LogP contribution >= 0.6 is 11.6 Å². The summed E-state index contributed by atoms with van der Waals surface area (Å²) >= 11 is 5.74. The average Bonchev–Trinajstić information content (AvgIpc) is 2.51. The molecule has 1 amide bonds. The zero-order valence-corrected chi connectivity index (χ0v) is 12.3. The normalized spacial score (nSPS) is 10.3. The van der Waals surface area contributed by atoms with E-state index in [1.165, 1.54) is 0 Å². The van der Waals surface area contributed by atoms with Crippen molar-refractivity contribution in [2.24, 2.45) is 0 Å². The number of halogens is 1. The molecule has 0 saturated carbocycles. The van der Waals surface area contributed by atoms with Gasteiger partial charge in [0.05, 0.1) is 0 Å². The summed E-state index contributed by atoms with van der Waals surface area (Å²) in [4.78, 5) is 19.8. The molecule has 21 heavy (non-hydrogen) atoms. The van der Waals surface area contributed by atoms with Crippen LogP contribution in [0.15, 0.2) is 42.7 Å². The molecule has 0 saturated heterocycles. The minimum absolute atomic E-state index is 0.204. The molecule has 2 aromatic rings. The van der Waals surface area contributed by atoms with Crippen molar-refractivity contribution in [1.82, 2.24) is 20.6 Å². The van der Waals surface area contributed by atoms with E-state index in [0.717, 1.165) is 25.1 Å². The van der Waals surface area contributed by atoms with E-state index in [4.69, 9.17) is 11.6 Å². The van der Waals surface area contributed by atoms with Crippen molar-refractivity contribution in [3.05, 3.63) is 59.1 Å². The Morgan fingerprint density at radius 1 is 1.19 bits per heavy atom. The van der Waals surface area contributed by atoms with E-state index in [2.05, 4.69) is 20.6 Å². The second-order valence-corrected chi connectivity index (χ2v) is 4.88. The van der Waals surface area contributed by atoms with Gasteiger partial charge in [0.25, 0.3) is 5.91 Å². The SMILES string of the molecule is O=C(NCCCNCc1cccnc1)c1cccc(Cl)n1. The number of carbonyl (C=O) groups excluding carboxylic acids is 1. The molecule has 0 unspecified atom stereocenters. The molecule has 0 atom stereocenters. The molecule has 2 N–H and O–H groups in total. The van der Waals surface area contributed by atoms with Gasteiger partial charge < -0.3 is 10.6 Å². The number of hydrogen-bond donors (Lipinski definition) is 2. The van der Waals surface area contributed by atoms with Gasteiger partial charge in [-0.15, -0.1) is 0 Å². The lowest BCUT2D eigenvalue weighted by molar-refractivity contribution is 0.0948. The van der Waals surface area contributed by atoms with Crippen LogP contribution in [0.3, 0.4) is 0 Å². The summed E-state index contributed by atoms with van der Waals surface area (Å²) in [5, 5.41) is 6.43. The van der Waals surface area contributed by atoms with Crippen molar-refractivity contribution >= 4 is 17.5 Å². The van der Waals surface area contributed by atoms with E-state index >= 15 is 0 Å². The zero-order valence-electron chi connectivity index (χ0n) is 11.6. The first kappa shape index (κ1) is 15.4. The van der Waals surface area contributed by atoms with Gasteiger partial charge in [0.15, 0.2) is 0 Å². The van der Waals surface area contributed by atoms with Crippen molar-refractivity contribution in [2.75, 3.05) is 13.1 Å². The molecule has 2 aromatic heterocycles. The summed E-state index contributed by atoms with van der Waals surface area (Å²) < 4.78 is 0. The van der Waals surface area contributed by atoms with Crippen LogP contribution in [0.25, 0.3) is 0 Å². The average molecular weight is 305 g/mol. The van der Waals surface area contributed by atoms with Crippen LogP contribution in [0.2, 0.25) is 5.15 Å². The minimum atomic E-state index is -0.204. The second kappa shape index (κ2) is 8.34. The second-order valence-electron chi connectivity index (χ2n) is 4.49. The largest absolute Gasteiger partial charge is 0.351 e. The fourth-order valence-corrected chi connectivity index (χ4v) is 1.94. The predicted octanol–water partition coefficient (Wildman–Crippen LogP) is 2.04. The number of hydrogen-bond acceptors (Lipinski definition) is 4. The van der Waals surface area contributed by atoms with Gasteiger partial charge >= 0.3 is 0 Å². The van der Waals surface area contributed by atoms with Crippen LogP contribution in [-0.4, -0.2) is 29.0 Å². The summed E-state index contributed by atoms with van der Waals surface area (Å²) in [5.74, 6) is -0.204. The lowest BCUT2D eigenvalue weighted by Gasteiger charge is -2.06. The molecule has 0 aromatic carbocycles. The van der Waals surface area contributed by atoms with Crippen molar-refractivity contribution in [3.8, 4) is 0 Å². The van der Waals surface area contributed by atoms with Gasteiger partial charge in [-0.1, -0.05) is 23.7 Å². The Balaban J connectivity index is 1.60. The Labute approximate surface area is 128 Å². The monoisotopic (exact) mass is 304 g/mol. The number of pyridine rings is 2. The Morgan fingerprint density at radius 3 is 2.86 bits per heavy atom. The molecule has 0 aliphatic carbocycles. The van der Waals surface area contributed by atoms with E-state index < -0.39 is 0 Å². The molecular formula is C15H17ClN4O. The molecule has 0 fully saturated rings. The fraction of sp³-hybridized carbons (Fsp3) is 0.267. The van der Waals surface area contributed by atoms with E-state index in [1.807, 2.05) is 18.3 Å². The predicted molar refractivity (Wildman–Crippen MR) is 82.1 cm³/mol. The van der Waals surface area contributed by atoms with Crippen LogP contribution in [0.1, 0.15) is 22.5 Å². The minimum Gasteiger partial charge on any atom is -0.351 e. The highest BCUT2D eigenvalue weighted by Crippen LogP contribution is 2.04. The third-order valence-corrected chi connectivity index (χ3v) is 3.03. The van der Waals surface area contributed by atoms with Crippen LogP contribution in [0, 0.1) is 0 Å². The third kappa shape index (κ3) is 5.49. The van der Waals surface area contributed by atoms with Crippen LogP contribution in [0.4, 0.5) is 0 Å². The van der Waals surface area contributed by atoms with Crippen LogP contribution in [0.5, 0.6) is 0 Å². The number of rotatable bonds is 7. The number of aromatic nitrogens is 2. The van der Waals surface area contributed by atoms with E-state index in [-0.39, 0.29) is 5.91 Å². The van der Waals surface area contributed by atoms with Gasteiger partial charge in [-0.2, -0.15) is 0 Å². The van der Waals surface area contributed by atoms with Crippen LogP contribution in [-0.2, 0) is 6.54 Å². The van der Waals surface area contributed by atoms with E-state index in [9.17, 15) is 4.79 Å². The van der Waals surface area contributed by atoms with Crippen molar-refractivity contribution in [2.45, 2.75) is 13.0 Å². The first-order valence-electron chi connectivity index (χ1n) is 6.76. The first-order valence-corrected chi connectivity index (χ1v) is 7.14. The molecule has 5 nitrogen and oxygen atoms in total. The lowest BCUT2D eigenvalue weighted by atomic mass is 10.3. The highest BCUT2D eigenvalue weighted by molar-refractivity contribution is 6.29. The summed E-state index contributed by atoms with van der Waals surface area (Å²) in [7, 11) is 0. The van der Waals surface area contributed by atoms with Gasteiger partial charge in [0.2, 0.25) is 0 Å². The summed E-state index contributed by atoms with van der Waals surface area (Å²) in [5.41, 5.74) is 1.48. The molecule has 0 aliphatic heterocycles. The van der Waals surface area contributed by atoms with E-state index in [0.29, 0.717) is 17.4 Å². The lowest BCUT2D eigenvalue weighted by Crippen LogP contribution is -2.27. The molecule has 0 bridgehead atoms. The topological polar surface area (TPSA) is 66.9 Å². The standard InChI is InChI=1S/C15H17ClN4O/c16-14-6-1-5-13(20-14)15(21)19-9-3-8-18-11-12-4-2-7-17-10-12/h1-2,4-7,10,18H,3,8-9,11H2,(H,19,21). The van der Waals surface area contributed by atoms with Gasteiger partial charge in [-0.25, -0.2) is 4.98 Å². The van der Waals surface area contributed by atoms with E-state index in [1.54, 1.807) is 24.4 Å². The summed E-state index contributed by atoms with van der Waals surface area (Å²) in [6.07, 6.45) is 4.43. The molecule has 2 heterocycles. The van der Waals surface area contributed by atoms with Crippen molar-refractivity contribution < 1.29 is 4.79 Å². The number of nitrogens with one attached hydrogen (secondary N) is 2. The summed E-state index contributed by atoms with van der Waals surface area (Å²) in [6.45, 7) is 2.18. The number of nitrogens with zero attached hydrogens (tertiary/aromatic N) is 2. The molecule has 2 rings (SSSR count). The maximum atomic E-state index is 11.8. The van der Waals surface area contributed by atoms with Gasteiger partial charge in [-0.3, -0.25) is 9.78 Å². The molecule has 0 aliphatic rings. The maximum absolute atomic E-state index is 11.8. The quantitative estimate of drug-likeness (QED) is 0.607. The zero-order chi connectivity index (χ0) is 14.9. The molecule has 110 valence electrons. The smallest absolute Gasteiger partial charge is 0.269 e. The molecule has 6 heteroatoms.